The molecular formula is C19H19NO2. The van der Waals surface area contributed by atoms with Gasteiger partial charge in [-0.25, -0.2) is 0 Å². The van der Waals surface area contributed by atoms with Crippen molar-refractivity contribution in [1.29, 1.82) is 0 Å². The van der Waals surface area contributed by atoms with Gasteiger partial charge in [0.25, 0.3) is 0 Å². The molecule has 22 heavy (non-hydrogen) atoms. The Morgan fingerprint density at radius 3 is 2.64 bits per heavy atom. The van der Waals surface area contributed by atoms with E-state index in [9.17, 15) is 9.90 Å². The lowest BCUT2D eigenvalue weighted by Crippen LogP contribution is -2.36. The quantitative estimate of drug-likeness (QED) is 0.888. The third-order valence-corrected chi connectivity index (χ3v) is 4.06. The third kappa shape index (κ3) is 3.26. The van der Waals surface area contributed by atoms with Crippen LogP contribution < -0.4 is 5.32 Å². The third-order valence-electron chi connectivity index (χ3n) is 4.06. The van der Waals surface area contributed by atoms with Crippen LogP contribution in [0.2, 0.25) is 0 Å². The van der Waals surface area contributed by atoms with Crippen molar-refractivity contribution in [2.75, 3.05) is 0 Å². The minimum atomic E-state index is -0.850. The van der Waals surface area contributed by atoms with Crippen LogP contribution in [0.15, 0.2) is 60.7 Å². The van der Waals surface area contributed by atoms with E-state index in [1.54, 1.807) is 6.08 Å². The van der Waals surface area contributed by atoms with Crippen LogP contribution in [0.25, 0.3) is 6.08 Å². The average Bonchev–Trinajstić information content (AvgIpc) is 2.95. The maximum Gasteiger partial charge on any atom is 0.324 e. The second-order valence-electron chi connectivity index (χ2n) is 5.54. The van der Waals surface area contributed by atoms with Gasteiger partial charge < -0.3 is 5.11 Å². The zero-order valence-corrected chi connectivity index (χ0v) is 12.3. The highest BCUT2D eigenvalue weighted by Crippen LogP contribution is 2.31. The molecule has 3 rings (SSSR count). The summed E-state index contributed by atoms with van der Waals surface area (Å²) in [6.45, 7) is 0. The number of carboxylic acid groups (broad SMARTS) is 1. The zero-order chi connectivity index (χ0) is 15.4. The molecule has 0 aromatic heterocycles. The van der Waals surface area contributed by atoms with E-state index in [2.05, 4.69) is 17.4 Å². The molecule has 0 bridgehead atoms. The van der Waals surface area contributed by atoms with E-state index in [1.807, 2.05) is 48.5 Å². The molecule has 1 aliphatic rings. The van der Waals surface area contributed by atoms with Gasteiger partial charge in [0.2, 0.25) is 0 Å². The van der Waals surface area contributed by atoms with Gasteiger partial charge in [-0.2, -0.15) is 0 Å². The van der Waals surface area contributed by atoms with Crippen LogP contribution in [0.4, 0.5) is 0 Å². The molecule has 0 spiro atoms. The van der Waals surface area contributed by atoms with Crippen LogP contribution in [0, 0.1) is 0 Å². The molecule has 0 heterocycles. The summed E-state index contributed by atoms with van der Waals surface area (Å²) < 4.78 is 0. The van der Waals surface area contributed by atoms with E-state index in [-0.39, 0.29) is 6.04 Å². The van der Waals surface area contributed by atoms with Crippen LogP contribution in [-0.2, 0) is 11.2 Å². The molecule has 0 fully saturated rings. The summed E-state index contributed by atoms with van der Waals surface area (Å²) in [5.41, 5.74) is 3.54. The van der Waals surface area contributed by atoms with Crippen LogP contribution in [0.5, 0.6) is 0 Å². The Morgan fingerprint density at radius 1 is 1.14 bits per heavy atom. The summed E-state index contributed by atoms with van der Waals surface area (Å²) in [5.74, 6) is -0.850. The normalized spacial score (nSPS) is 18.3. The summed E-state index contributed by atoms with van der Waals surface area (Å²) in [6.07, 6.45) is 5.52. The largest absolute Gasteiger partial charge is 0.480 e. The summed E-state index contributed by atoms with van der Waals surface area (Å²) in [6, 6.07) is 17.4. The van der Waals surface area contributed by atoms with Crippen molar-refractivity contribution in [3.63, 3.8) is 0 Å². The van der Waals surface area contributed by atoms with Crippen LogP contribution in [0.1, 0.15) is 29.2 Å². The minimum absolute atomic E-state index is 0.109. The highest BCUT2D eigenvalue weighted by atomic mass is 16.4. The Morgan fingerprint density at radius 2 is 1.86 bits per heavy atom. The van der Waals surface area contributed by atoms with Crippen molar-refractivity contribution >= 4 is 12.0 Å². The van der Waals surface area contributed by atoms with Gasteiger partial charge in [0.15, 0.2) is 0 Å². The van der Waals surface area contributed by atoms with Gasteiger partial charge >= 0.3 is 5.97 Å². The number of hydrogen-bond acceptors (Lipinski definition) is 2. The van der Waals surface area contributed by atoms with Crippen molar-refractivity contribution in [2.24, 2.45) is 0 Å². The lowest BCUT2D eigenvalue weighted by Gasteiger charge is -2.18. The first-order chi connectivity index (χ1) is 10.7. The van der Waals surface area contributed by atoms with Crippen LogP contribution >= 0.6 is 0 Å². The van der Waals surface area contributed by atoms with Crippen molar-refractivity contribution in [1.82, 2.24) is 5.32 Å². The molecule has 1 aliphatic carbocycles. The van der Waals surface area contributed by atoms with Gasteiger partial charge in [-0.15, -0.1) is 0 Å². The number of aliphatic carboxylic acids is 1. The predicted molar refractivity (Wildman–Crippen MR) is 87.5 cm³/mol. The molecule has 0 saturated heterocycles. The fraction of sp³-hybridized carbons (Fsp3) is 0.211. The van der Waals surface area contributed by atoms with E-state index >= 15 is 0 Å². The smallest absolute Gasteiger partial charge is 0.324 e. The zero-order valence-electron chi connectivity index (χ0n) is 12.3. The average molecular weight is 293 g/mol. The van der Waals surface area contributed by atoms with Crippen LogP contribution in [0.3, 0.4) is 0 Å². The molecule has 0 amide bonds. The molecule has 3 nitrogen and oxygen atoms in total. The molecule has 0 saturated carbocycles. The summed E-state index contributed by atoms with van der Waals surface area (Å²) in [4.78, 5) is 11.5. The first kappa shape index (κ1) is 14.5. The fourth-order valence-corrected chi connectivity index (χ4v) is 2.93. The Hall–Kier alpha value is -2.39. The van der Waals surface area contributed by atoms with E-state index < -0.39 is 12.0 Å². The van der Waals surface area contributed by atoms with E-state index in [1.165, 1.54) is 11.1 Å². The molecule has 3 heteroatoms. The van der Waals surface area contributed by atoms with Gasteiger partial charge in [-0.05, 0) is 29.5 Å². The van der Waals surface area contributed by atoms with Gasteiger partial charge in [-0.3, -0.25) is 10.1 Å². The van der Waals surface area contributed by atoms with Gasteiger partial charge in [0.1, 0.15) is 6.04 Å². The number of carbonyl (C=O) groups is 1. The number of hydrogen-bond donors (Lipinski definition) is 2. The molecule has 112 valence electrons. The molecule has 2 aromatic rings. The number of aryl methyl sites for hydroxylation is 1. The summed E-state index contributed by atoms with van der Waals surface area (Å²) >= 11 is 0. The number of fused-ring (bicyclic) bond motifs is 1. The molecule has 2 atom stereocenters. The lowest BCUT2D eigenvalue weighted by atomic mass is 10.1. The fourth-order valence-electron chi connectivity index (χ4n) is 2.93. The Labute approximate surface area is 130 Å². The van der Waals surface area contributed by atoms with Crippen LogP contribution in [-0.4, -0.2) is 17.1 Å². The number of rotatable bonds is 5. The van der Waals surface area contributed by atoms with Gasteiger partial charge in [-0.1, -0.05) is 66.7 Å². The maximum absolute atomic E-state index is 11.5. The first-order valence-corrected chi connectivity index (χ1v) is 7.54. The highest BCUT2D eigenvalue weighted by Gasteiger charge is 2.25. The second kappa shape index (κ2) is 6.58. The topological polar surface area (TPSA) is 49.3 Å². The Balaban J connectivity index is 1.73. The molecular weight excluding hydrogens is 274 g/mol. The second-order valence-corrected chi connectivity index (χ2v) is 5.54. The first-order valence-electron chi connectivity index (χ1n) is 7.54. The molecule has 2 aromatic carbocycles. The number of benzene rings is 2. The summed E-state index contributed by atoms with van der Waals surface area (Å²) in [7, 11) is 0. The number of carboxylic acids is 1. The minimum Gasteiger partial charge on any atom is -0.480 e. The highest BCUT2D eigenvalue weighted by molar-refractivity contribution is 5.77. The standard InChI is InChI=1S/C19H19NO2/c21-19(22)18(12-10-14-6-2-1-3-7-14)20-17-13-11-15-8-4-5-9-16(15)17/h1-10,12,17-18,20H,11,13H2,(H,21,22)/b12-10+. The SMILES string of the molecule is O=C(O)C(/C=C/c1ccccc1)NC1CCc2ccccc21. The van der Waals surface area contributed by atoms with Gasteiger partial charge in [0, 0.05) is 6.04 Å². The molecule has 0 radical (unpaired) electrons. The van der Waals surface area contributed by atoms with Gasteiger partial charge in [0.05, 0.1) is 0 Å². The summed E-state index contributed by atoms with van der Waals surface area (Å²) in [5, 5.41) is 12.7. The Bertz CT molecular complexity index is 679. The molecule has 2 unspecified atom stereocenters. The molecule has 2 N–H and O–H groups in total. The van der Waals surface area contributed by atoms with Crippen molar-refractivity contribution in [3.8, 4) is 0 Å². The monoisotopic (exact) mass is 293 g/mol. The van der Waals surface area contributed by atoms with Crippen molar-refractivity contribution in [3.05, 3.63) is 77.4 Å². The maximum atomic E-state index is 11.5. The van der Waals surface area contributed by atoms with E-state index in [0.717, 1.165) is 18.4 Å². The Kier molecular flexibility index (Phi) is 4.35. The van der Waals surface area contributed by atoms with Crippen molar-refractivity contribution < 1.29 is 9.90 Å². The lowest BCUT2D eigenvalue weighted by molar-refractivity contribution is -0.138. The predicted octanol–water partition coefficient (Wildman–Crippen LogP) is 3.43. The number of nitrogens with one attached hydrogen (secondary N) is 1. The molecule has 0 aliphatic heterocycles. The van der Waals surface area contributed by atoms with E-state index in [4.69, 9.17) is 0 Å². The van der Waals surface area contributed by atoms with E-state index in [0.29, 0.717) is 0 Å². The van der Waals surface area contributed by atoms with Crippen molar-refractivity contribution in [2.45, 2.75) is 24.9 Å².